The van der Waals surface area contributed by atoms with E-state index in [1.54, 1.807) is 6.07 Å². The molecule has 2 atom stereocenters. The lowest BCUT2D eigenvalue weighted by Crippen LogP contribution is -2.20. The van der Waals surface area contributed by atoms with Crippen molar-refractivity contribution in [3.05, 3.63) is 63.9 Å². The summed E-state index contributed by atoms with van der Waals surface area (Å²) in [6.45, 7) is 0.260. The zero-order valence-electron chi connectivity index (χ0n) is 11.6. The van der Waals surface area contributed by atoms with Gasteiger partial charge in [-0.15, -0.1) is 0 Å². The van der Waals surface area contributed by atoms with Gasteiger partial charge in [0.1, 0.15) is 0 Å². The first-order valence-corrected chi connectivity index (χ1v) is 7.33. The number of benzene rings is 2. The SMILES string of the molecule is COc1ccc(C(O)C(CN)c2ccc(Br)cc2)cc1F. The lowest BCUT2D eigenvalue weighted by Gasteiger charge is -2.22. The zero-order valence-corrected chi connectivity index (χ0v) is 13.2. The van der Waals surface area contributed by atoms with Crippen LogP contribution in [-0.2, 0) is 0 Å². The van der Waals surface area contributed by atoms with Crippen LogP contribution in [0.1, 0.15) is 23.1 Å². The van der Waals surface area contributed by atoms with Crippen LogP contribution in [0, 0.1) is 5.82 Å². The van der Waals surface area contributed by atoms with E-state index in [1.165, 1.54) is 19.2 Å². The molecule has 0 aromatic heterocycles. The smallest absolute Gasteiger partial charge is 0.165 e. The summed E-state index contributed by atoms with van der Waals surface area (Å²) in [6, 6.07) is 12.0. The molecule has 0 saturated carbocycles. The predicted octanol–water partition coefficient (Wildman–Crippen LogP) is 3.37. The Kier molecular flexibility index (Phi) is 5.33. The molecule has 0 bridgehead atoms. The minimum absolute atomic E-state index is 0.152. The zero-order chi connectivity index (χ0) is 15.4. The number of aliphatic hydroxyl groups excluding tert-OH is 1. The topological polar surface area (TPSA) is 55.5 Å². The Bertz CT molecular complexity index is 604. The molecule has 112 valence electrons. The molecule has 0 radical (unpaired) electrons. The largest absolute Gasteiger partial charge is 0.494 e. The molecular formula is C16H17BrFNO2. The van der Waals surface area contributed by atoms with Crippen molar-refractivity contribution in [2.75, 3.05) is 13.7 Å². The Balaban J connectivity index is 2.29. The van der Waals surface area contributed by atoms with Crippen molar-refractivity contribution in [3.8, 4) is 5.75 Å². The minimum atomic E-state index is -0.878. The van der Waals surface area contributed by atoms with Crippen LogP contribution >= 0.6 is 15.9 Å². The van der Waals surface area contributed by atoms with Crippen molar-refractivity contribution in [3.63, 3.8) is 0 Å². The third kappa shape index (κ3) is 3.61. The van der Waals surface area contributed by atoms with Gasteiger partial charge in [0.15, 0.2) is 11.6 Å². The standard InChI is InChI=1S/C16H17BrFNO2/c1-21-15-7-4-11(8-14(15)18)16(20)13(9-19)10-2-5-12(17)6-3-10/h2-8,13,16,20H,9,19H2,1H3. The molecule has 0 aliphatic carbocycles. The van der Waals surface area contributed by atoms with Crippen LogP contribution in [0.5, 0.6) is 5.75 Å². The molecule has 21 heavy (non-hydrogen) atoms. The number of rotatable bonds is 5. The van der Waals surface area contributed by atoms with E-state index in [1.807, 2.05) is 24.3 Å². The lowest BCUT2D eigenvalue weighted by molar-refractivity contribution is 0.147. The van der Waals surface area contributed by atoms with Gasteiger partial charge >= 0.3 is 0 Å². The van der Waals surface area contributed by atoms with Crippen molar-refractivity contribution in [1.29, 1.82) is 0 Å². The van der Waals surface area contributed by atoms with Crippen LogP contribution in [-0.4, -0.2) is 18.8 Å². The third-order valence-corrected chi connectivity index (χ3v) is 3.98. The van der Waals surface area contributed by atoms with Gasteiger partial charge in [0.05, 0.1) is 13.2 Å². The van der Waals surface area contributed by atoms with E-state index in [9.17, 15) is 9.50 Å². The maximum atomic E-state index is 13.8. The van der Waals surface area contributed by atoms with Gasteiger partial charge in [-0.3, -0.25) is 0 Å². The van der Waals surface area contributed by atoms with Crippen LogP contribution in [0.25, 0.3) is 0 Å². The van der Waals surface area contributed by atoms with Gasteiger partial charge in [0.25, 0.3) is 0 Å². The molecule has 0 saturated heterocycles. The molecule has 0 aliphatic rings. The van der Waals surface area contributed by atoms with E-state index in [0.717, 1.165) is 10.0 Å². The maximum absolute atomic E-state index is 13.8. The first-order valence-electron chi connectivity index (χ1n) is 6.54. The molecule has 0 heterocycles. The molecule has 2 rings (SSSR count). The van der Waals surface area contributed by atoms with Crippen molar-refractivity contribution >= 4 is 15.9 Å². The third-order valence-electron chi connectivity index (χ3n) is 3.45. The van der Waals surface area contributed by atoms with Crippen molar-refractivity contribution in [2.24, 2.45) is 5.73 Å². The number of methoxy groups -OCH3 is 1. The van der Waals surface area contributed by atoms with E-state index in [4.69, 9.17) is 10.5 Å². The van der Waals surface area contributed by atoms with E-state index in [0.29, 0.717) is 5.56 Å². The number of nitrogens with two attached hydrogens (primary N) is 1. The second-order valence-corrected chi connectivity index (χ2v) is 5.65. The Morgan fingerprint density at radius 1 is 1.19 bits per heavy atom. The van der Waals surface area contributed by atoms with E-state index < -0.39 is 11.9 Å². The van der Waals surface area contributed by atoms with Gasteiger partial charge in [0.2, 0.25) is 0 Å². The summed E-state index contributed by atoms with van der Waals surface area (Å²) in [5.41, 5.74) is 7.17. The average molecular weight is 354 g/mol. The molecule has 0 spiro atoms. The van der Waals surface area contributed by atoms with Gasteiger partial charge in [0, 0.05) is 16.9 Å². The number of aliphatic hydroxyl groups is 1. The molecule has 2 unspecified atom stereocenters. The van der Waals surface area contributed by atoms with Crippen molar-refractivity contribution in [2.45, 2.75) is 12.0 Å². The van der Waals surface area contributed by atoms with Crippen molar-refractivity contribution < 1.29 is 14.2 Å². The first kappa shape index (κ1) is 15.9. The molecule has 0 fully saturated rings. The Morgan fingerprint density at radius 3 is 2.33 bits per heavy atom. The molecule has 2 aromatic carbocycles. The molecule has 3 nitrogen and oxygen atoms in total. The van der Waals surface area contributed by atoms with Gasteiger partial charge < -0.3 is 15.6 Å². The first-order chi connectivity index (χ1) is 10.1. The number of ether oxygens (including phenoxy) is 1. The average Bonchev–Trinajstić information content (AvgIpc) is 2.49. The quantitative estimate of drug-likeness (QED) is 0.866. The predicted molar refractivity (Wildman–Crippen MR) is 83.8 cm³/mol. The summed E-state index contributed by atoms with van der Waals surface area (Å²) in [4.78, 5) is 0. The molecule has 3 N–H and O–H groups in total. The van der Waals surface area contributed by atoms with Crippen LogP contribution < -0.4 is 10.5 Å². The number of halogens is 2. The highest BCUT2D eigenvalue weighted by atomic mass is 79.9. The molecule has 0 aliphatic heterocycles. The minimum Gasteiger partial charge on any atom is -0.494 e. The van der Waals surface area contributed by atoms with E-state index in [-0.39, 0.29) is 18.2 Å². The summed E-state index contributed by atoms with van der Waals surface area (Å²) in [5.74, 6) is -0.648. The number of hydrogen-bond donors (Lipinski definition) is 2. The Morgan fingerprint density at radius 2 is 1.81 bits per heavy atom. The summed E-state index contributed by atoms with van der Waals surface area (Å²) in [7, 11) is 1.40. The summed E-state index contributed by atoms with van der Waals surface area (Å²) in [6.07, 6.45) is -0.878. The highest BCUT2D eigenvalue weighted by Gasteiger charge is 2.22. The monoisotopic (exact) mass is 353 g/mol. The van der Waals surface area contributed by atoms with Gasteiger partial charge in [-0.05, 0) is 35.4 Å². The molecular weight excluding hydrogens is 337 g/mol. The molecule has 0 amide bonds. The molecule has 2 aromatic rings. The fraction of sp³-hybridized carbons (Fsp3) is 0.250. The fourth-order valence-corrected chi connectivity index (χ4v) is 2.52. The summed E-state index contributed by atoms with van der Waals surface area (Å²) >= 11 is 3.37. The van der Waals surface area contributed by atoms with E-state index in [2.05, 4.69) is 15.9 Å². The van der Waals surface area contributed by atoms with E-state index >= 15 is 0 Å². The summed E-state index contributed by atoms with van der Waals surface area (Å²) < 4.78 is 19.6. The Hall–Kier alpha value is -1.43. The summed E-state index contributed by atoms with van der Waals surface area (Å²) in [5, 5.41) is 10.5. The van der Waals surface area contributed by atoms with Crippen LogP contribution in [0.2, 0.25) is 0 Å². The van der Waals surface area contributed by atoms with Crippen LogP contribution in [0.4, 0.5) is 4.39 Å². The number of hydrogen-bond acceptors (Lipinski definition) is 3. The van der Waals surface area contributed by atoms with Gasteiger partial charge in [-0.2, -0.15) is 0 Å². The normalized spacial score (nSPS) is 13.8. The highest BCUT2D eigenvalue weighted by molar-refractivity contribution is 9.10. The van der Waals surface area contributed by atoms with Gasteiger partial charge in [-0.1, -0.05) is 34.1 Å². The highest BCUT2D eigenvalue weighted by Crippen LogP contribution is 2.32. The van der Waals surface area contributed by atoms with Crippen LogP contribution in [0.3, 0.4) is 0 Å². The van der Waals surface area contributed by atoms with Gasteiger partial charge in [-0.25, -0.2) is 4.39 Å². The lowest BCUT2D eigenvalue weighted by atomic mass is 9.89. The van der Waals surface area contributed by atoms with Crippen molar-refractivity contribution in [1.82, 2.24) is 0 Å². The van der Waals surface area contributed by atoms with Crippen LogP contribution in [0.15, 0.2) is 46.9 Å². The molecule has 5 heteroatoms. The Labute approximate surface area is 131 Å². The maximum Gasteiger partial charge on any atom is 0.165 e. The second-order valence-electron chi connectivity index (χ2n) is 4.73. The second kappa shape index (κ2) is 7.02. The fourth-order valence-electron chi connectivity index (χ4n) is 2.26.